The maximum absolute atomic E-state index is 12.9. The van der Waals surface area contributed by atoms with E-state index in [9.17, 15) is 13.2 Å². The monoisotopic (exact) mass is 432 g/mol. The van der Waals surface area contributed by atoms with Gasteiger partial charge in [-0.2, -0.15) is 4.31 Å². The molecular formula is C23H32N2O4S. The van der Waals surface area contributed by atoms with Crippen molar-refractivity contribution in [2.45, 2.75) is 63.7 Å². The largest absolute Gasteiger partial charge is 0.365 e. The Morgan fingerprint density at radius 3 is 2.00 bits per heavy atom. The van der Waals surface area contributed by atoms with Crippen LogP contribution in [0, 0.1) is 23.7 Å². The minimum absolute atomic E-state index is 0.202. The van der Waals surface area contributed by atoms with E-state index in [4.69, 9.17) is 4.84 Å². The Hall–Kier alpha value is -1.73. The molecule has 0 spiro atoms. The molecule has 0 amide bonds. The van der Waals surface area contributed by atoms with E-state index in [1.54, 1.807) is 0 Å². The van der Waals surface area contributed by atoms with Crippen LogP contribution in [-0.4, -0.2) is 37.5 Å². The van der Waals surface area contributed by atoms with Crippen LogP contribution in [-0.2, 0) is 14.9 Å². The summed E-state index contributed by atoms with van der Waals surface area (Å²) in [5, 5.41) is 4.29. The van der Waals surface area contributed by atoms with Crippen molar-refractivity contribution in [1.29, 1.82) is 0 Å². The van der Waals surface area contributed by atoms with Gasteiger partial charge in [0.1, 0.15) is 0 Å². The molecule has 1 aromatic rings. The lowest BCUT2D eigenvalue weighted by Crippen LogP contribution is -2.45. The molecule has 0 radical (unpaired) electrons. The van der Waals surface area contributed by atoms with E-state index < -0.39 is 16.0 Å². The fourth-order valence-corrected chi connectivity index (χ4v) is 7.35. The first-order valence-electron chi connectivity index (χ1n) is 11.3. The second-order valence-electron chi connectivity index (χ2n) is 9.13. The molecule has 4 aliphatic carbocycles. The summed E-state index contributed by atoms with van der Waals surface area (Å²) in [7, 11) is -3.56. The highest BCUT2D eigenvalue weighted by molar-refractivity contribution is 7.89. The topological polar surface area (TPSA) is 76.0 Å². The normalized spacial score (nSPS) is 27.5. The van der Waals surface area contributed by atoms with Crippen molar-refractivity contribution in [2.75, 3.05) is 13.1 Å². The third-order valence-corrected chi connectivity index (χ3v) is 8.80. The van der Waals surface area contributed by atoms with Gasteiger partial charge < -0.3 is 4.84 Å². The van der Waals surface area contributed by atoms with Crippen LogP contribution in [0.25, 0.3) is 0 Å². The van der Waals surface area contributed by atoms with Crippen LogP contribution in [0.4, 0.5) is 0 Å². The Kier molecular flexibility index (Phi) is 6.30. The number of hydrogen-bond acceptors (Lipinski definition) is 5. The summed E-state index contributed by atoms with van der Waals surface area (Å²) in [4.78, 5) is 18.0. The molecule has 0 saturated heterocycles. The highest BCUT2D eigenvalue weighted by Gasteiger charge is 2.46. The zero-order valence-electron chi connectivity index (χ0n) is 17.9. The molecule has 0 N–H and O–H groups in total. The van der Waals surface area contributed by atoms with Crippen LogP contribution in [0.15, 0.2) is 34.3 Å². The number of rotatable bonds is 8. The first kappa shape index (κ1) is 21.5. The average molecular weight is 433 g/mol. The van der Waals surface area contributed by atoms with Gasteiger partial charge in [-0.15, -0.1) is 0 Å². The smallest absolute Gasteiger partial charge is 0.313 e. The van der Waals surface area contributed by atoms with Crippen LogP contribution in [0.5, 0.6) is 0 Å². The number of benzene rings is 1. The van der Waals surface area contributed by atoms with Gasteiger partial charge in [-0.05, 0) is 81.0 Å². The van der Waals surface area contributed by atoms with Gasteiger partial charge >= 0.3 is 5.97 Å². The molecule has 0 unspecified atom stereocenters. The van der Waals surface area contributed by atoms with Gasteiger partial charge in [0, 0.05) is 24.9 Å². The molecule has 0 aromatic heterocycles. The Labute approximate surface area is 179 Å². The summed E-state index contributed by atoms with van der Waals surface area (Å²) >= 11 is 0. The van der Waals surface area contributed by atoms with Gasteiger partial charge in [0.2, 0.25) is 10.0 Å². The SMILES string of the molecule is CCCN(CCC)S(=O)(=O)c1ccc(C(=O)ON=C2C3CC4CC(C3)CC2C4)cc1. The van der Waals surface area contributed by atoms with Crippen molar-refractivity contribution in [2.24, 2.45) is 28.8 Å². The van der Waals surface area contributed by atoms with Gasteiger partial charge in [-0.25, -0.2) is 13.2 Å². The second-order valence-corrected chi connectivity index (χ2v) is 11.1. The zero-order valence-corrected chi connectivity index (χ0v) is 18.7. The summed E-state index contributed by atoms with van der Waals surface area (Å²) in [5.74, 6) is 2.09. The quantitative estimate of drug-likeness (QED) is 0.449. The van der Waals surface area contributed by atoms with Crippen LogP contribution in [0.2, 0.25) is 0 Å². The van der Waals surface area contributed by atoms with Crippen LogP contribution < -0.4 is 0 Å². The van der Waals surface area contributed by atoms with Crippen LogP contribution >= 0.6 is 0 Å². The van der Waals surface area contributed by atoms with Crippen LogP contribution in [0.1, 0.15) is 69.2 Å². The number of carbonyl (C=O) groups is 1. The van der Waals surface area contributed by atoms with Gasteiger partial charge in [-0.3, -0.25) is 0 Å². The average Bonchev–Trinajstić information content (AvgIpc) is 2.72. The second kappa shape index (κ2) is 8.79. The molecule has 4 bridgehead atoms. The summed E-state index contributed by atoms with van der Waals surface area (Å²) in [6.07, 6.45) is 7.61. The molecule has 4 saturated carbocycles. The molecule has 0 atom stereocenters. The fraction of sp³-hybridized carbons (Fsp3) is 0.652. The van der Waals surface area contributed by atoms with Gasteiger partial charge in [0.05, 0.1) is 16.2 Å². The molecule has 1 aromatic carbocycles. The van der Waals surface area contributed by atoms with Crippen molar-refractivity contribution in [3.05, 3.63) is 29.8 Å². The molecule has 30 heavy (non-hydrogen) atoms. The third-order valence-electron chi connectivity index (χ3n) is 6.88. The maximum Gasteiger partial charge on any atom is 0.365 e. The lowest BCUT2D eigenvalue weighted by Gasteiger charge is -2.49. The molecule has 0 heterocycles. The van der Waals surface area contributed by atoms with Crippen molar-refractivity contribution in [3.8, 4) is 0 Å². The summed E-state index contributed by atoms with van der Waals surface area (Å²) < 4.78 is 27.2. The van der Waals surface area contributed by atoms with E-state index in [0.29, 0.717) is 30.5 Å². The van der Waals surface area contributed by atoms with E-state index in [0.717, 1.165) is 30.4 Å². The van der Waals surface area contributed by atoms with Crippen molar-refractivity contribution >= 4 is 21.7 Å². The van der Waals surface area contributed by atoms with Gasteiger partial charge in [0.25, 0.3) is 0 Å². The third kappa shape index (κ3) is 4.19. The van der Waals surface area contributed by atoms with E-state index >= 15 is 0 Å². The molecular weight excluding hydrogens is 400 g/mol. The van der Waals surface area contributed by atoms with E-state index in [2.05, 4.69) is 5.16 Å². The minimum Gasteiger partial charge on any atom is -0.313 e. The molecule has 6 nitrogen and oxygen atoms in total. The Morgan fingerprint density at radius 1 is 0.967 bits per heavy atom. The van der Waals surface area contributed by atoms with Gasteiger partial charge in [-0.1, -0.05) is 19.0 Å². The Morgan fingerprint density at radius 2 is 1.50 bits per heavy atom. The van der Waals surface area contributed by atoms with Crippen molar-refractivity contribution in [1.82, 2.24) is 4.31 Å². The van der Waals surface area contributed by atoms with Crippen LogP contribution in [0.3, 0.4) is 0 Å². The van der Waals surface area contributed by atoms with Gasteiger partial charge in [0.15, 0.2) is 0 Å². The lowest BCUT2D eigenvalue weighted by atomic mass is 9.55. The number of carbonyl (C=O) groups excluding carboxylic acids is 1. The Balaban J connectivity index is 1.43. The molecule has 4 fully saturated rings. The molecule has 164 valence electrons. The minimum atomic E-state index is -3.56. The molecule has 5 rings (SSSR count). The number of oxime groups is 1. The van der Waals surface area contributed by atoms with E-state index in [1.165, 1.54) is 60.7 Å². The van der Waals surface area contributed by atoms with Crippen molar-refractivity contribution in [3.63, 3.8) is 0 Å². The van der Waals surface area contributed by atoms with E-state index in [1.807, 2.05) is 13.8 Å². The molecule has 7 heteroatoms. The predicted octanol–water partition coefficient (Wildman–Crippen LogP) is 4.47. The number of hydrogen-bond donors (Lipinski definition) is 0. The standard InChI is InChI=1S/C23H32N2O4S/c1-3-9-25(10-4-2)30(27,28)21-7-5-18(6-8-21)23(26)29-24-22-19-12-16-11-17(14-19)15-20(22)13-16/h5-8,16-17,19-20H,3-4,9-15H2,1-2H3. The maximum atomic E-state index is 12.9. The number of nitrogens with zero attached hydrogens (tertiary/aromatic N) is 2. The highest BCUT2D eigenvalue weighted by atomic mass is 32.2. The highest BCUT2D eigenvalue weighted by Crippen LogP contribution is 2.52. The lowest BCUT2D eigenvalue weighted by molar-refractivity contribution is 0.0483. The first-order chi connectivity index (χ1) is 14.4. The Bertz CT molecular complexity index is 872. The molecule has 4 aliphatic rings. The summed E-state index contributed by atoms with van der Waals surface area (Å²) in [6, 6.07) is 6.01. The summed E-state index contributed by atoms with van der Waals surface area (Å²) in [5.41, 5.74) is 1.39. The summed E-state index contributed by atoms with van der Waals surface area (Å²) in [6.45, 7) is 4.90. The fourth-order valence-electron chi connectivity index (χ4n) is 5.73. The molecule has 0 aliphatic heterocycles. The zero-order chi connectivity index (χ0) is 21.3. The van der Waals surface area contributed by atoms with Crippen molar-refractivity contribution < 1.29 is 18.0 Å². The first-order valence-corrected chi connectivity index (χ1v) is 12.8. The number of sulfonamides is 1. The van der Waals surface area contributed by atoms with E-state index in [-0.39, 0.29) is 4.90 Å². The predicted molar refractivity (Wildman–Crippen MR) is 116 cm³/mol.